The van der Waals surface area contributed by atoms with Gasteiger partial charge in [-0.2, -0.15) is 0 Å². The predicted molar refractivity (Wildman–Crippen MR) is 131 cm³/mol. The Balaban J connectivity index is 1.52. The number of fused-ring (bicyclic) bond motifs is 1. The molecule has 4 rings (SSSR count). The topological polar surface area (TPSA) is 35.5 Å². The molecule has 160 valence electrons. The molecule has 0 unspecified atom stereocenters. The summed E-state index contributed by atoms with van der Waals surface area (Å²) >= 11 is 0. The van der Waals surface area contributed by atoms with Gasteiger partial charge in [0.15, 0.2) is 5.78 Å². The van der Waals surface area contributed by atoms with Crippen LogP contribution < -0.4 is 9.47 Å². The van der Waals surface area contributed by atoms with Crippen LogP contribution in [-0.4, -0.2) is 12.9 Å². The lowest BCUT2D eigenvalue weighted by molar-refractivity contribution is 0.104. The summed E-state index contributed by atoms with van der Waals surface area (Å²) in [6.45, 7) is 4.51. The average molecular weight is 423 g/mol. The molecule has 0 spiro atoms. The van der Waals surface area contributed by atoms with E-state index in [2.05, 4.69) is 19.9 Å². The van der Waals surface area contributed by atoms with Crippen molar-refractivity contribution in [2.24, 2.45) is 0 Å². The molecule has 0 bridgehead atoms. The summed E-state index contributed by atoms with van der Waals surface area (Å²) in [5.74, 6) is 1.59. The van der Waals surface area contributed by atoms with Crippen molar-refractivity contribution in [3.8, 4) is 11.5 Å². The molecule has 0 radical (unpaired) electrons. The molecule has 32 heavy (non-hydrogen) atoms. The van der Waals surface area contributed by atoms with Crippen LogP contribution in [0.1, 0.15) is 32.6 Å². The Labute approximate surface area is 188 Å². The second-order valence-electron chi connectivity index (χ2n) is 7.82. The van der Waals surface area contributed by atoms with Crippen LogP contribution in [0.3, 0.4) is 0 Å². The van der Waals surface area contributed by atoms with E-state index < -0.39 is 0 Å². The van der Waals surface area contributed by atoms with Crippen molar-refractivity contribution in [2.45, 2.75) is 20.5 Å². The van der Waals surface area contributed by atoms with E-state index >= 15 is 0 Å². The van der Waals surface area contributed by atoms with Crippen LogP contribution in [0.4, 0.5) is 0 Å². The maximum absolute atomic E-state index is 12.7. The van der Waals surface area contributed by atoms with Crippen molar-refractivity contribution in [1.82, 2.24) is 0 Å². The quantitative estimate of drug-likeness (QED) is 0.239. The summed E-state index contributed by atoms with van der Waals surface area (Å²) in [6.07, 6.45) is 3.44. The van der Waals surface area contributed by atoms with Gasteiger partial charge in [-0.3, -0.25) is 4.79 Å². The first-order valence-electron chi connectivity index (χ1n) is 10.6. The number of rotatable bonds is 7. The van der Waals surface area contributed by atoms with E-state index in [9.17, 15) is 4.79 Å². The Morgan fingerprint density at radius 3 is 2.47 bits per heavy atom. The zero-order chi connectivity index (χ0) is 22.5. The average Bonchev–Trinajstić information content (AvgIpc) is 2.83. The molecule has 4 aromatic rings. The van der Waals surface area contributed by atoms with Crippen molar-refractivity contribution in [3.63, 3.8) is 0 Å². The molecule has 0 heterocycles. The number of methoxy groups -OCH3 is 1. The highest BCUT2D eigenvalue weighted by molar-refractivity contribution is 6.08. The lowest BCUT2D eigenvalue weighted by Gasteiger charge is -2.13. The zero-order valence-corrected chi connectivity index (χ0v) is 18.6. The number of hydrogen-bond donors (Lipinski definition) is 0. The van der Waals surface area contributed by atoms with Gasteiger partial charge >= 0.3 is 0 Å². The largest absolute Gasteiger partial charge is 0.496 e. The molecule has 0 atom stereocenters. The summed E-state index contributed by atoms with van der Waals surface area (Å²) in [4.78, 5) is 12.7. The van der Waals surface area contributed by atoms with Gasteiger partial charge in [-0.25, -0.2) is 0 Å². The second-order valence-corrected chi connectivity index (χ2v) is 7.82. The van der Waals surface area contributed by atoms with E-state index in [1.54, 1.807) is 13.2 Å². The maximum atomic E-state index is 12.7. The molecule has 0 N–H and O–H groups in total. The first-order chi connectivity index (χ1) is 15.5. The Morgan fingerprint density at radius 1 is 0.844 bits per heavy atom. The summed E-state index contributed by atoms with van der Waals surface area (Å²) in [5, 5.41) is 2.18. The SMILES string of the molecule is COc1ccc(/C=C/C(=O)c2ccc3ccccc3c2)cc1COc1cccc(C)c1C. The van der Waals surface area contributed by atoms with Crippen LogP contribution in [0.25, 0.3) is 16.8 Å². The third-order valence-corrected chi connectivity index (χ3v) is 5.70. The molecular formula is C29H26O3. The third kappa shape index (κ3) is 4.73. The van der Waals surface area contributed by atoms with Gasteiger partial charge in [0.1, 0.15) is 18.1 Å². The fraction of sp³-hybridized carbons (Fsp3) is 0.138. The minimum atomic E-state index is -0.0280. The fourth-order valence-corrected chi connectivity index (χ4v) is 3.66. The van der Waals surface area contributed by atoms with E-state index in [0.29, 0.717) is 12.2 Å². The highest BCUT2D eigenvalue weighted by Gasteiger charge is 2.08. The Kier molecular flexibility index (Phi) is 6.37. The molecule has 0 aromatic heterocycles. The molecule has 3 heteroatoms. The predicted octanol–water partition coefficient (Wildman–Crippen LogP) is 6.94. The third-order valence-electron chi connectivity index (χ3n) is 5.70. The Morgan fingerprint density at radius 2 is 1.66 bits per heavy atom. The lowest BCUT2D eigenvalue weighted by atomic mass is 10.0. The summed E-state index contributed by atoms with van der Waals surface area (Å²) in [7, 11) is 1.65. The highest BCUT2D eigenvalue weighted by Crippen LogP contribution is 2.26. The first kappa shape index (κ1) is 21.4. The van der Waals surface area contributed by atoms with Crippen molar-refractivity contribution >= 4 is 22.6 Å². The van der Waals surface area contributed by atoms with Gasteiger partial charge < -0.3 is 9.47 Å². The number of allylic oxidation sites excluding steroid dienone is 1. The number of carbonyl (C=O) groups is 1. The Bertz CT molecular complexity index is 1300. The smallest absolute Gasteiger partial charge is 0.185 e. The Hall–Kier alpha value is -3.85. The highest BCUT2D eigenvalue weighted by atomic mass is 16.5. The van der Waals surface area contributed by atoms with Crippen molar-refractivity contribution in [3.05, 3.63) is 113 Å². The minimum Gasteiger partial charge on any atom is -0.496 e. The zero-order valence-electron chi connectivity index (χ0n) is 18.6. The van der Waals surface area contributed by atoms with Crippen LogP contribution in [0.15, 0.2) is 84.9 Å². The number of aryl methyl sites for hydroxylation is 1. The van der Waals surface area contributed by atoms with Gasteiger partial charge in [-0.1, -0.05) is 60.7 Å². The number of ketones is 1. The van der Waals surface area contributed by atoms with Gasteiger partial charge in [0.2, 0.25) is 0 Å². The molecule has 0 fully saturated rings. The van der Waals surface area contributed by atoms with Gasteiger partial charge in [0, 0.05) is 11.1 Å². The van der Waals surface area contributed by atoms with Crippen LogP contribution in [0.5, 0.6) is 11.5 Å². The number of benzene rings is 4. The first-order valence-corrected chi connectivity index (χ1v) is 10.6. The van der Waals surface area contributed by atoms with E-state index in [1.807, 2.05) is 78.9 Å². The number of ether oxygens (including phenoxy) is 2. The molecule has 4 aromatic carbocycles. The molecule has 3 nitrogen and oxygen atoms in total. The van der Waals surface area contributed by atoms with Crippen LogP contribution in [0, 0.1) is 13.8 Å². The van der Waals surface area contributed by atoms with Crippen LogP contribution in [-0.2, 0) is 6.61 Å². The van der Waals surface area contributed by atoms with E-state index in [1.165, 1.54) is 5.56 Å². The molecule has 0 aliphatic heterocycles. The standard InChI is InChI=1S/C29H26O3/c1-20-7-6-10-28(21(20)2)32-19-26-17-22(12-16-29(26)31-3)11-15-27(30)25-14-13-23-8-4-5-9-24(23)18-25/h4-18H,19H2,1-3H3/b15-11+. The molecule has 0 aliphatic carbocycles. The maximum Gasteiger partial charge on any atom is 0.185 e. The molecule has 0 amide bonds. The monoisotopic (exact) mass is 422 g/mol. The van der Waals surface area contributed by atoms with Crippen molar-refractivity contribution in [1.29, 1.82) is 0 Å². The molecule has 0 aliphatic rings. The van der Waals surface area contributed by atoms with E-state index in [0.717, 1.165) is 39.0 Å². The summed E-state index contributed by atoms with van der Waals surface area (Å²) in [5.41, 5.74) is 4.84. The van der Waals surface area contributed by atoms with Crippen molar-refractivity contribution in [2.75, 3.05) is 7.11 Å². The van der Waals surface area contributed by atoms with Gasteiger partial charge in [-0.15, -0.1) is 0 Å². The van der Waals surface area contributed by atoms with Gasteiger partial charge in [0.05, 0.1) is 7.11 Å². The van der Waals surface area contributed by atoms with E-state index in [4.69, 9.17) is 9.47 Å². The van der Waals surface area contributed by atoms with Gasteiger partial charge in [-0.05, 0) is 71.7 Å². The number of hydrogen-bond acceptors (Lipinski definition) is 3. The van der Waals surface area contributed by atoms with Gasteiger partial charge in [0.25, 0.3) is 0 Å². The second kappa shape index (κ2) is 9.52. The van der Waals surface area contributed by atoms with Crippen molar-refractivity contribution < 1.29 is 14.3 Å². The van der Waals surface area contributed by atoms with Crippen LogP contribution >= 0.6 is 0 Å². The minimum absolute atomic E-state index is 0.0280. The molecule has 0 saturated carbocycles. The molecular weight excluding hydrogens is 396 g/mol. The number of carbonyl (C=O) groups excluding carboxylic acids is 1. The van der Waals surface area contributed by atoms with E-state index in [-0.39, 0.29) is 5.78 Å². The lowest BCUT2D eigenvalue weighted by Crippen LogP contribution is -2.01. The summed E-state index contributed by atoms with van der Waals surface area (Å²) in [6, 6.07) is 25.7. The normalized spacial score (nSPS) is 11.1. The summed E-state index contributed by atoms with van der Waals surface area (Å²) < 4.78 is 11.6. The molecule has 0 saturated heterocycles. The fourth-order valence-electron chi connectivity index (χ4n) is 3.66. The van der Waals surface area contributed by atoms with Crippen LogP contribution in [0.2, 0.25) is 0 Å².